The fourth-order valence-electron chi connectivity index (χ4n) is 3.57. The molecule has 1 aliphatic rings. The Hall–Kier alpha value is -2.83. The second-order valence-corrected chi connectivity index (χ2v) is 8.98. The fraction of sp³-hybridized carbons (Fsp3) is 0.333. The Labute approximate surface area is 183 Å². The number of methoxy groups -OCH3 is 1. The minimum Gasteiger partial charge on any atom is -0.496 e. The number of fused-ring (bicyclic) bond motifs is 1. The quantitative estimate of drug-likeness (QED) is 0.583. The number of aromatic nitrogens is 3. The van der Waals surface area contributed by atoms with E-state index in [-0.39, 0.29) is 11.7 Å². The van der Waals surface area contributed by atoms with Crippen molar-refractivity contribution in [3.63, 3.8) is 0 Å². The number of amides is 1. The predicted molar refractivity (Wildman–Crippen MR) is 118 cm³/mol. The largest absolute Gasteiger partial charge is 0.496 e. The number of rotatable bonds is 6. The van der Waals surface area contributed by atoms with Crippen LogP contribution in [0.2, 0.25) is 0 Å². The maximum atomic E-state index is 12.5. The summed E-state index contributed by atoms with van der Waals surface area (Å²) < 4.78 is 7.26. The van der Waals surface area contributed by atoms with Gasteiger partial charge in [-0.05, 0) is 43.4 Å². The molecule has 2 heterocycles. The molecule has 4 rings (SSSR count). The molecular weight excluding hydrogens is 418 g/mol. The minimum absolute atomic E-state index is 0.156. The average molecular weight is 440 g/mol. The third kappa shape index (κ3) is 3.93. The summed E-state index contributed by atoms with van der Waals surface area (Å²) in [4.78, 5) is 13.8. The van der Waals surface area contributed by atoms with Crippen LogP contribution >= 0.6 is 23.1 Å². The van der Waals surface area contributed by atoms with Crippen LogP contribution in [0.25, 0.3) is 11.4 Å². The van der Waals surface area contributed by atoms with Gasteiger partial charge in [0.15, 0.2) is 11.0 Å². The van der Waals surface area contributed by atoms with Crippen molar-refractivity contribution in [3.8, 4) is 23.2 Å². The molecule has 0 spiro atoms. The first kappa shape index (κ1) is 20.4. The Bertz CT molecular complexity index is 1130. The lowest BCUT2D eigenvalue weighted by atomic mass is 9.96. The zero-order valence-corrected chi connectivity index (χ0v) is 18.4. The highest BCUT2D eigenvalue weighted by atomic mass is 32.2. The molecule has 154 valence electrons. The molecule has 0 atom stereocenters. The van der Waals surface area contributed by atoms with Gasteiger partial charge < -0.3 is 14.6 Å². The summed E-state index contributed by atoms with van der Waals surface area (Å²) in [5.41, 5.74) is 2.59. The molecule has 3 aromatic rings. The number of hydrogen-bond donors (Lipinski definition) is 1. The first-order valence-corrected chi connectivity index (χ1v) is 11.4. The fourth-order valence-corrected chi connectivity index (χ4v) is 5.54. The van der Waals surface area contributed by atoms with E-state index in [0.717, 1.165) is 36.8 Å². The molecule has 0 saturated carbocycles. The normalized spacial score (nSPS) is 12.8. The van der Waals surface area contributed by atoms with Gasteiger partial charge in [0.05, 0.1) is 24.0 Å². The van der Waals surface area contributed by atoms with E-state index < -0.39 is 0 Å². The van der Waals surface area contributed by atoms with Crippen LogP contribution in [0.3, 0.4) is 0 Å². The Morgan fingerprint density at radius 1 is 1.33 bits per heavy atom. The molecule has 1 aromatic carbocycles. The highest BCUT2D eigenvalue weighted by Crippen LogP contribution is 2.37. The molecule has 9 heteroatoms. The molecule has 2 aromatic heterocycles. The minimum atomic E-state index is -0.156. The van der Waals surface area contributed by atoms with Gasteiger partial charge >= 0.3 is 0 Å². The maximum Gasteiger partial charge on any atom is 0.235 e. The number of benzene rings is 1. The van der Waals surface area contributed by atoms with Gasteiger partial charge in [-0.3, -0.25) is 4.79 Å². The van der Waals surface area contributed by atoms with E-state index in [1.807, 2.05) is 35.9 Å². The maximum absolute atomic E-state index is 12.5. The summed E-state index contributed by atoms with van der Waals surface area (Å²) in [5, 5.41) is 22.3. The number of carbonyl (C=O) groups excluding carboxylic acids is 1. The molecule has 0 unspecified atom stereocenters. The van der Waals surface area contributed by atoms with Crippen LogP contribution in [0, 0.1) is 11.3 Å². The zero-order chi connectivity index (χ0) is 21.1. The predicted octanol–water partition coefficient (Wildman–Crippen LogP) is 4.03. The number of nitrogens with one attached hydrogen (secondary N) is 1. The smallest absolute Gasteiger partial charge is 0.235 e. The summed E-state index contributed by atoms with van der Waals surface area (Å²) in [6, 6.07) is 9.89. The first-order chi connectivity index (χ1) is 14.6. The standard InChI is InChI=1S/C21H21N5O2S2/c1-26-19(14-8-3-5-9-16(14)28-2)24-25-21(26)29-12-18(27)23-20-15(11-22)13-7-4-6-10-17(13)30-20/h3,5,8-9H,4,6-7,10,12H2,1-2H3,(H,23,27). The Kier molecular flexibility index (Phi) is 6.06. The number of carbonyl (C=O) groups is 1. The van der Waals surface area contributed by atoms with Crippen LogP contribution in [0.1, 0.15) is 28.8 Å². The van der Waals surface area contributed by atoms with Gasteiger partial charge in [-0.2, -0.15) is 5.26 Å². The van der Waals surface area contributed by atoms with Crippen molar-refractivity contribution < 1.29 is 9.53 Å². The van der Waals surface area contributed by atoms with Gasteiger partial charge in [-0.25, -0.2) is 0 Å². The summed E-state index contributed by atoms with van der Waals surface area (Å²) >= 11 is 2.84. The summed E-state index contributed by atoms with van der Waals surface area (Å²) in [6.07, 6.45) is 4.15. The van der Waals surface area contributed by atoms with Crippen LogP contribution in [0.5, 0.6) is 5.75 Å². The molecule has 0 saturated heterocycles. The number of para-hydroxylation sites is 1. The van der Waals surface area contributed by atoms with Crippen LogP contribution < -0.4 is 10.1 Å². The second kappa shape index (κ2) is 8.90. The van der Waals surface area contributed by atoms with Crippen molar-refractivity contribution in [1.82, 2.24) is 14.8 Å². The van der Waals surface area contributed by atoms with E-state index in [1.54, 1.807) is 7.11 Å². The third-order valence-corrected chi connectivity index (χ3v) is 7.28. The number of ether oxygens (including phenoxy) is 1. The Balaban J connectivity index is 1.45. The third-order valence-electron chi connectivity index (χ3n) is 5.05. The first-order valence-electron chi connectivity index (χ1n) is 9.62. The highest BCUT2D eigenvalue weighted by molar-refractivity contribution is 7.99. The molecule has 7 nitrogen and oxygen atoms in total. The van der Waals surface area contributed by atoms with Crippen LogP contribution in [-0.2, 0) is 24.7 Å². The average Bonchev–Trinajstić information content (AvgIpc) is 3.31. The van der Waals surface area contributed by atoms with E-state index in [2.05, 4.69) is 21.6 Å². The number of thiophene rings is 1. The Morgan fingerprint density at radius 2 is 2.13 bits per heavy atom. The highest BCUT2D eigenvalue weighted by Gasteiger charge is 2.22. The van der Waals surface area contributed by atoms with Crippen molar-refractivity contribution in [3.05, 3.63) is 40.3 Å². The van der Waals surface area contributed by atoms with Crippen LogP contribution in [0.4, 0.5) is 5.00 Å². The zero-order valence-electron chi connectivity index (χ0n) is 16.8. The second-order valence-electron chi connectivity index (χ2n) is 6.93. The van der Waals surface area contributed by atoms with Gasteiger partial charge in [0, 0.05) is 11.9 Å². The lowest BCUT2D eigenvalue weighted by Gasteiger charge is -2.09. The van der Waals surface area contributed by atoms with Gasteiger partial charge in [0.1, 0.15) is 16.8 Å². The molecule has 1 aliphatic carbocycles. The molecule has 0 aliphatic heterocycles. The van der Waals surface area contributed by atoms with Gasteiger partial charge in [-0.15, -0.1) is 21.5 Å². The van der Waals surface area contributed by atoms with Crippen molar-refractivity contribution in [1.29, 1.82) is 5.26 Å². The van der Waals surface area contributed by atoms with E-state index in [0.29, 0.717) is 27.3 Å². The monoisotopic (exact) mass is 439 g/mol. The van der Waals surface area contributed by atoms with E-state index in [9.17, 15) is 10.1 Å². The molecular formula is C21H21N5O2S2. The Morgan fingerprint density at radius 3 is 2.93 bits per heavy atom. The number of nitrogens with zero attached hydrogens (tertiary/aromatic N) is 4. The van der Waals surface area contributed by atoms with Gasteiger partial charge in [0.25, 0.3) is 0 Å². The molecule has 0 radical (unpaired) electrons. The lowest BCUT2D eigenvalue weighted by molar-refractivity contribution is -0.113. The van der Waals surface area contributed by atoms with E-state index >= 15 is 0 Å². The van der Waals surface area contributed by atoms with Gasteiger partial charge in [0.2, 0.25) is 5.91 Å². The van der Waals surface area contributed by atoms with E-state index in [1.165, 1.54) is 28.0 Å². The molecule has 0 bridgehead atoms. The number of nitriles is 1. The SMILES string of the molecule is COc1ccccc1-c1nnc(SCC(=O)Nc2sc3c(c2C#N)CCCC3)n1C. The summed E-state index contributed by atoms with van der Waals surface area (Å²) in [7, 11) is 3.48. The summed E-state index contributed by atoms with van der Waals surface area (Å²) in [6.45, 7) is 0. The van der Waals surface area contributed by atoms with Crippen molar-refractivity contribution in [2.45, 2.75) is 30.8 Å². The molecule has 0 fully saturated rings. The topological polar surface area (TPSA) is 92.8 Å². The summed E-state index contributed by atoms with van der Waals surface area (Å²) in [5.74, 6) is 1.42. The van der Waals surface area contributed by atoms with Crippen molar-refractivity contribution >= 4 is 34.0 Å². The van der Waals surface area contributed by atoms with Crippen LogP contribution in [0.15, 0.2) is 29.4 Å². The van der Waals surface area contributed by atoms with Crippen molar-refractivity contribution in [2.75, 3.05) is 18.2 Å². The number of hydrogen-bond acceptors (Lipinski definition) is 7. The number of thioether (sulfide) groups is 1. The lowest BCUT2D eigenvalue weighted by Crippen LogP contribution is -2.14. The molecule has 1 N–H and O–H groups in total. The van der Waals surface area contributed by atoms with E-state index in [4.69, 9.17) is 4.74 Å². The van der Waals surface area contributed by atoms with Crippen molar-refractivity contribution in [2.24, 2.45) is 7.05 Å². The van der Waals surface area contributed by atoms with Gasteiger partial charge in [-0.1, -0.05) is 23.9 Å². The molecule has 30 heavy (non-hydrogen) atoms. The number of aryl methyl sites for hydroxylation is 1. The van der Waals surface area contributed by atoms with Crippen LogP contribution in [-0.4, -0.2) is 33.5 Å². The molecule has 1 amide bonds. The number of anilines is 1.